The Kier molecular flexibility index (Phi) is 5.89. The second-order valence-electron chi connectivity index (χ2n) is 6.44. The van der Waals surface area contributed by atoms with Crippen LogP contribution in [0.2, 0.25) is 0 Å². The van der Waals surface area contributed by atoms with E-state index in [0.717, 1.165) is 16.0 Å². The van der Waals surface area contributed by atoms with E-state index in [9.17, 15) is 14.4 Å². The number of thiophene rings is 1. The van der Waals surface area contributed by atoms with Crippen LogP contribution >= 0.6 is 11.3 Å². The fraction of sp³-hybridized carbons (Fsp3) is 0.300. The molecule has 0 unspecified atom stereocenters. The summed E-state index contributed by atoms with van der Waals surface area (Å²) in [5.74, 6) is -0.688. The van der Waals surface area contributed by atoms with Gasteiger partial charge < -0.3 is 10.6 Å². The monoisotopic (exact) mass is 398 g/mol. The third kappa shape index (κ3) is 3.96. The van der Waals surface area contributed by atoms with Gasteiger partial charge in [-0.2, -0.15) is 0 Å². The van der Waals surface area contributed by atoms with Crippen molar-refractivity contribution in [2.24, 2.45) is 0 Å². The number of nitrogens with zero attached hydrogens (tertiary/aromatic N) is 2. The SMILES string of the molecule is CCNC(=O)[C@@H](C)NC(=O)Cn1cnc2sc(C)c(-c3ccccc3)c2c1=O. The average Bonchev–Trinajstić information content (AvgIpc) is 3.01. The summed E-state index contributed by atoms with van der Waals surface area (Å²) in [5, 5.41) is 5.76. The van der Waals surface area contributed by atoms with Gasteiger partial charge in [-0.25, -0.2) is 4.98 Å². The minimum atomic E-state index is -0.678. The van der Waals surface area contributed by atoms with Crippen LogP contribution in [0.4, 0.5) is 0 Å². The van der Waals surface area contributed by atoms with Crippen LogP contribution in [0.15, 0.2) is 41.5 Å². The molecule has 0 spiro atoms. The molecule has 0 saturated carbocycles. The number of aromatic nitrogens is 2. The molecule has 2 amide bonds. The smallest absolute Gasteiger partial charge is 0.263 e. The number of amides is 2. The Morgan fingerprint density at radius 1 is 1.25 bits per heavy atom. The molecule has 0 saturated heterocycles. The van der Waals surface area contributed by atoms with Crippen LogP contribution in [0.5, 0.6) is 0 Å². The van der Waals surface area contributed by atoms with Crippen molar-refractivity contribution in [3.05, 3.63) is 51.9 Å². The van der Waals surface area contributed by atoms with Crippen molar-refractivity contribution in [1.82, 2.24) is 20.2 Å². The summed E-state index contributed by atoms with van der Waals surface area (Å²) in [5.41, 5.74) is 1.52. The number of nitrogens with one attached hydrogen (secondary N) is 2. The van der Waals surface area contributed by atoms with Gasteiger partial charge >= 0.3 is 0 Å². The van der Waals surface area contributed by atoms with E-state index in [2.05, 4.69) is 15.6 Å². The molecule has 1 atom stereocenters. The number of benzene rings is 1. The molecule has 0 radical (unpaired) electrons. The summed E-state index contributed by atoms with van der Waals surface area (Å²) in [4.78, 5) is 43.2. The minimum Gasteiger partial charge on any atom is -0.355 e. The summed E-state index contributed by atoms with van der Waals surface area (Å²) in [6.07, 6.45) is 1.38. The van der Waals surface area contributed by atoms with Crippen LogP contribution in [0, 0.1) is 6.92 Å². The van der Waals surface area contributed by atoms with Crippen molar-refractivity contribution in [2.75, 3.05) is 6.54 Å². The predicted octanol–water partition coefficient (Wildman–Crippen LogP) is 2.07. The normalized spacial score (nSPS) is 12.0. The second kappa shape index (κ2) is 8.35. The quantitative estimate of drug-likeness (QED) is 0.665. The van der Waals surface area contributed by atoms with E-state index in [4.69, 9.17) is 0 Å². The predicted molar refractivity (Wildman–Crippen MR) is 110 cm³/mol. The van der Waals surface area contributed by atoms with Crippen molar-refractivity contribution in [3.8, 4) is 11.1 Å². The second-order valence-corrected chi connectivity index (χ2v) is 7.64. The summed E-state index contributed by atoms with van der Waals surface area (Å²) in [6, 6.07) is 8.98. The summed E-state index contributed by atoms with van der Waals surface area (Å²) >= 11 is 1.46. The maximum atomic E-state index is 13.1. The largest absolute Gasteiger partial charge is 0.355 e. The Hall–Kier alpha value is -3.00. The van der Waals surface area contributed by atoms with Crippen molar-refractivity contribution in [2.45, 2.75) is 33.4 Å². The third-order valence-electron chi connectivity index (χ3n) is 4.35. The zero-order chi connectivity index (χ0) is 20.3. The number of hydrogen-bond donors (Lipinski definition) is 2. The fourth-order valence-electron chi connectivity index (χ4n) is 3.04. The van der Waals surface area contributed by atoms with Crippen LogP contribution in [0.3, 0.4) is 0 Å². The third-order valence-corrected chi connectivity index (χ3v) is 5.37. The van der Waals surface area contributed by atoms with Crippen LogP contribution in [0.1, 0.15) is 18.7 Å². The molecule has 0 aliphatic rings. The van der Waals surface area contributed by atoms with Crippen molar-refractivity contribution >= 4 is 33.4 Å². The topological polar surface area (TPSA) is 93.1 Å². The van der Waals surface area contributed by atoms with Gasteiger partial charge in [-0.05, 0) is 26.3 Å². The van der Waals surface area contributed by atoms with E-state index >= 15 is 0 Å². The lowest BCUT2D eigenvalue weighted by atomic mass is 10.0. The van der Waals surface area contributed by atoms with Gasteiger partial charge in [0.15, 0.2) is 0 Å². The highest BCUT2D eigenvalue weighted by Crippen LogP contribution is 2.35. The molecule has 146 valence electrons. The average molecular weight is 398 g/mol. The van der Waals surface area contributed by atoms with Gasteiger partial charge in [0.2, 0.25) is 11.8 Å². The summed E-state index contributed by atoms with van der Waals surface area (Å²) in [6.45, 7) is 5.65. The zero-order valence-electron chi connectivity index (χ0n) is 16.0. The molecule has 1 aromatic carbocycles. The number of carbonyl (C=O) groups is 2. The molecule has 8 heteroatoms. The Labute approximate surface area is 166 Å². The van der Waals surface area contributed by atoms with Gasteiger partial charge in [-0.3, -0.25) is 19.0 Å². The van der Waals surface area contributed by atoms with Crippen molar-refractivity contribution in [1.29, 1.82) is 0 Å². The first kappa shape index (κ1) is 19.8. The van der Waals surface area contributed by atoms with E-state index in [1.807, 2.05) is 37.3 Å². The molecule has 2 heterocycles. The first-order chi connectivity index (χ1) is 13.4. The molecule has 0 aliphatic heterocycles. The molecular weight excluding hydrogens is 376 g/mol. The molecule has 7 nitrogen and oxygen atoms in total. The van der Waals surface area contributed by atoms with E-state index in [1.54, 1.807) is 13.8 Å². The minimum absolute atomic E-state index is 0.200. The van der Waals surface area contributed by atoms with Crippen LogP contribution < -0.4 is 16.2 Å². The Morgan fingerprint density at radius 3 is 2.64 bits per heavy atom. The van der Waals surface area contributed by atoms with Crippen LogP contribution in [-0.4, -0.2) is 34.0 Å². The van der Waals surface area contributed by atoms with E-state index < -0.39 is 11.9 Å². The van der Waals surface area contributed by atoms with Gasteiger partial charge in [-0.15, -0.1) is 11.3 Å². The number of fused-ring (bicyclic) bond motifs is 1. The maximum Gasteiger partial charge on any atom is 0.263 e. The lowest BCUT2D eigenvalue weighted by Gasteiger charge is -2.14. The van der Waals surface area contributed by atoms with Crippen LogP contribution in [-0.2, 0) is 16.1 Å². The summed E-state index contributed by atoms with van der Waals surface area (Å²) in [7, 11) is 0. The fourth-order valence-corrected chi connectivity index (χ4v) is 4.04. The molecule has 0 aliphatic carbocycles. The van der Waals surface area contributed by atoms with Crippen LogP contribution in [0.25, 0.3) is 21.3 Å². The lowest BCUT2D eigenvalue weighted by Crippen LogP contribution is -2.46. The molecule has 3 aromatic rings. The molecular formula is C20H22N4O3S. The molecule has 0 fully saturated rings. The van der Waals surface area contributed by atoms with Crippen molar-refractivity contribution in [3.63, 3.8) is 0 Å². The Morgan fingerprint density at radius 2 is 1.96 bits per heavy atom. The summed E-state index contributed by atoms with van der Waals surface area (Å²) < 4.78 is 1.28. The molecule has 28 heavy (non-hydrogen) atoms. The van der Waals surface area contributed by atoms with E-state index in [0.29, 0.717) is 16.8 Å². The van der Waals surface area contributed by atoms with E-state index in [1.165, 1.54) is 22.2 Å². The van der Waals surface area contributed by atoms with Gasteiger partial charge in [0, 0.05) is 17.0 Å². The molecule has 3 rings (SSSR count). The lowest BCUT2D eigenvalue weighted by molar-refractivity contribution is -0.128. The van der Waals surface area contributed by atoms with Gasteiger partial charge in [0.1, 0.15) is 17.4 Å². The Balaban J connectivity index is 1.92. The standard InChI is InChI=1S/C20H22N4O3S/c1-4-21-18(26)12(2)23-15(25)10-24-11-22-19-17(20(24)27)16(13(3)28-19)14-8-6-5-7-9-14/h5-9,11-12H,4,10H2,1-3H3,(H,21,26)(H,23,25)/t12-/m1/s1. The highest BCUT2D eigenvalue weighted by molar-refractivity contribution is 7.19. The first-order valence-electron chi connectivity index (χ1n) is 9.03. The highest BCUT2D eigenvalue weighted by atomic mass is 32.1. The molecule has 2 N–H and O–H groups in total. The molecule has 2 aromatic heterocycles. The number of aryl methyl sites for hydroxylation is 1. The maximum absolute atomic E-state index is 13.1. The van der Waals surface area contributed by atoms with Gasteiger partial charge in [-0.1, -0.05) is 30.3 Å². The number of hydrogen-bond acceptors (Lipinski definition) is 5. The van der Waals surface area contributed by atoms with Crippen molar-refractivity contribution < 1.29 is 9.59 Å². The Bertz CT molecular complexity index is 1070. The number of carbonyl (C=O) groups excluding carboxylic acids is 2. The molecule has 0 bridgehead atoms. The number of rotatable bonds is 6. The number of likely N-dealkylation sites (N-methyl/N-ethyl adjacent to an activating group) is 1. The van der Waals surface area contributed by atoms with Gasteiger partial charge in [0.05, 0.1) is 11.7 Å². The highest BCUT2D eigenvalue weighted by Gasteiger charge is 2.19. The first-order valence-corrected chi connectivity index (χ1v) is 9.85. The zero-order valence-corrected chi connectivity index (χ0v) is 16.8. The van der Waals surface area contributed by atoms with E-state index in [-0.39, 0.29) is 18.0 Å². The van der Waals surface area contributed by atoms with Gasteiger partial charge in [0.25, 0.3) is 5.56 Å².